The van der Waals surface area contributed by atoms with Crippen LogP contribution in [0, 0.1) is 12.8 Å². The second-order valence-electron chi connectivity index (χ2n) is 8.65. The van der Waals surface area contributed by atoms with Crippen molar-refractivity contribution in [3.05, 3.63) is 58.1 Å². The highest BCUT2D eigenvalue weighted by Gasteiger charge is 2.27. The SMILES string of the molecule is Cc1cc(OCC(=O)Nc2ccccc2C(=O)N2CCC(C(N)=O)CC2)c(C(C)C)cc1Cl. The number of primary amides is 1. The number of nitrogens with two attached hydrogens (primary N) is 1. The Kier molecular flexibility index (Phi) is 7.97. The number of carbonyl (C=O) groups is 3. The van der Waals surface area contributed by atoms with Crippen molar-refractivity contribution in [3.63, 3.8) is 0 Å². The minimum atomic E-state index is -0.370. The molecule has 2 aromatic carbocycles. The first kappa shape index (κ1) is 24.6. The second kappa shape index (κ2) is 10.7. The number of nitrogens with one attached hydrogen (secondary N) is 1. The minimum absolute atomic E-state index is 0.179. The highest BCUT2D eigenvalue weighted by molar-refractivity contribution is 6.31. The van der Waals surface area contributed by atoms with Gasteiger partial charge in [0.2, 0.25) is 5.91 Å². The molecule has 33 heavy (non-hydrogen) atoms. The van der Waals surface area contributed by atoms with Crippen molar-refractivity contribution in [3.8, 4) is 5.75 Å². The molecule has 1 fully saturated rings. The van der Waals surface area contributed by atoms with Crippen LogP contribution in [-0.4, -0.2) is 42.3 Å². The van der Waals surface area contributed by atoms with Crippen molar-refractivity contribution in [1.29, 1.82) is 0 Å². The zero-order valence-corrected chi connectivity index (χ0v) is 19.9. The first-order valence-corrected chi connectivity index (χ1v) is 11.5. The Hall–Kier alpha value is -3.06. The zero-order chi connectivity index (χ0) is 24.1. The quantitative estimate of drug-likeness (QED) is 0.633. The number of piperidine rings is 1. The molecule has 8 heteroatoms. The molecule has 1 aliphatic rings. The molecule has 3 amide bonds. The molecule has 176 valence electrons. The van der Waals surface area contributed by atoms with Crippen LogP contribution in [-0.2, 0) is 9.59 Å². The summed E-state index contributed by atoms with van der Waals surface area (Å²) in [7, 11) is 0. The molecule has 1 aliphatic heterocycles. The lowest BCUT2D eigenvalue weighted by Crippen LogP contribution is -2.42. The Bertz CT molecular complexity index is 1050. The van der Waals surface area contributed by atoms with Gasteiger partial charge in [-0.1, -0.05) is 37.6 Å². The number of aryl methyl sites for hydroxylation is 1. The van der Waals surface area contributed by atoms with E-state index in [1.165, 1.54) is 0 Å². The van der Waals surface area contributed by atoms with Crippen LogP contribution >= 0.6 is 11.6 Å². The lowest BCUT2D eigenvalue weighted by atomic mass is 9.95. The topological polar surface area (TPSA) is 102 Å². The summed E-state index contributed by atoms with van der Waals surface area (Å²) in [5, 5.41) is 3.45. The number of amides is 3. The molecule has 7 nitrogen and oxygen atoms in total. The second-order valence-corrected chi connectivity index (χ2v) is 9.05. The van der Waals surface area contributed by atoms with Crippen molar-refractivity contribution >= 4 is 35.0 Å². The van der Waals surface area contributed by atoms with Crippen molar-refractivity contribution in [2.45, 2.75) is 39.5 Å². The van der Waals surface area contributed by atoms with Gasteiger partial charge in [0.25, 0.3) is 11.8 Å². The maximum atomic E-state index is 13.1. The normalized spacial score (nSPS) is 14.3. The standard InChI is InChI=1S/C25H30ClN3O4/c1-15(2)19-13-20(26)16(3)12-22(19)33-14-23(30)28-21-7-5-4-6-18(21)25(32)29-10-8-17(9-11-29)24(27)31/h4-7,12-13,15,17H,8-11,14H2,1-3H3,(H2,27,31)(H,28,30). The maximum Gasteiger partial charge on any atom is 0.262 e. The number of hydrogen-bond donors (Lipinski definition) is 2. The highest BCUT2D eigenvalue weighted by Crippen LogP contribution is 2.32. The lowest BCUT2D eigenvalue weighted by Gasteiger charge is -2.31. The number of rotatable bonds is 7. The van der Waals surface area contributed by atoms with Crippen LogP contribution in [0.1, 0.15) is 54.1 Å². The summed E-state index contributed by atoms with van der Waals surface area (Å²) in [6, 6.07) is 10.6. The first-order chi connectivity index (χ1) is 15.7. The average molecular weight is 472 g/mol. The van der Waals surface area contributed by atoms with E-state index in [9.17, 15) is 14.4 Å². The average Bonchev–Trinajstić information content (AvgIpc) is 2.79. The number of anilines is 1. The summed E-state index contributed by atoms with van der Waals surface area (Å²) < 4.78 is 5.81. The fourth-order valence-electron chi connectivity index (χ4n) is 3.89. The molecule has 3 N–H and O–H groups in total. The third kappa shape index (κ3) is 6.05. The van der Waals surface area contributed by atoms with Gasteiger partial charge in [0, 0.05) is 24.0 Å². The van der Waals surface area contributed by atoms with Gasteiger partial charge in [0.15, 0.2) is 6.61 Å². The lowest BCUT2D eigenvalue weighted by molar-refractivity contribution is -0.123. The van der Waals surface area contributed by atoms with E-state index < -0.39 is 0 Å². The molecule has 0 saturated carbocycles. The summed E-state index contributed by atoms with van der Waals surface area (Å²) in [5.74, 6) is -0.295. The maximum absolute atomic E-state index is 13.1. The number of hydrogen-bond acceptors (Lipinski definition) is 4. The minimum Gasteiger partial charge on any atom is -0.483 e. The molecular weight excluding hydrogens is 442 g/mol. The Balaban J connectivity index is 1.67. The summed E-state index contributed by atoms with van der Waals surface area (Å²) in [6.07, 6.45) is 1.09. The van der Waals surface area contributed by atoms with Crippen LogP contribution in [0.15, 0.2) is 36.4 Å². The number of carbonyl (C=O) groups excluding carboxylic acids is 3. The van der Waals surface area contributed by atoms with Crippen molar-refractivity contribution in [1.82, 2.24) is 4.90 Å². The molecule has 1 heterocycles. The number of ether oxygens (including phenoxy) is 1. The third-order valence-electron chi connectivity index (χ3n) is 5.89. The highest BCUT2D eigenvalue weighted by atomic mass is 35.5. The van der Waals surface area contributed by atoms with E-state index in [-0.39, 0.29) is 36.2 Å². The van der Waals surface area contributed by atoms with Gasteiger partial charge in [-0.05, 0) is 61.1 Å². The van der Waals surface area contributed by atoms with Gasteiger partial charge >= 0.3 is 0 Å². The van der Waals surface area contributed by atoms with Crippen LogP contribution in [0.4, 0.5) is 5.69 Å². The molecule has 1 saturated heterocycles. The van der Waals surface area contributed by atoms with Crippen LogP contribution in [0.2, 0.25) is 5.02 Å². The Morgan fingerprint density at radius 3 is 2.48 bits per heavy atom. The molecule has 0 bridgehead atoms. The molecule has 0 atom stereocenters. The molecule has 3 rings (SSSR count). The van der Waals surface area contributed by atoms with E-state index in [2.05, 4.69) is 5.32 Å². The first-order valence-electron chi connectivity index (χ1n) is 11.1. The summed E-state index contributed by atoms with van der Waals surface area (Å²) >= 11 is 6.24. The van der Waals surface area contributed by atoms with E-state index in [0.29, 0.717) is 48.0 Å². The number of halogens is 1. The van der Waals surface area contributed by atoms with Crippen LogP contribution in [0.25, 0.3) is 0 Å². The summed E-state index contributed by atoms with van der Waals surface area (Å²) in [4.78, 5) is 38.8. The van der Waals surface area contributed by atoms with E-state index in [4.69, 9.17) is 22.1 Å². The van der Waals surface area contributed by atoms with Gasteiger partial charge in [0.1, 0.15) is 5.75 Å². The molecule has 0 spiro atoms. The van der Waals surface area contributed by atoms with E-state index in [1.807, 2.05) is 32.9 Å². The van der Waals surface area contributed by atoms with E-state index in [0.717, 1.165) is 11.1 Å². The summed E-state index contributed by atoms with van der Waals surface area (Å²) in [6.45, 7) is 6.64. The number of benzene rings is 2. The third-order valence-corrected chi connectivity index (χ3v) is 6.30. The van der Waals surface area contributed by atoms with Crippen molar-refractivity contribution < 1.29 is 19.1 Å². The molecule has 0 aromatic heterocycles. The van der Waals surface area contributed by atoms with Crippen molar-refractivity contribution in [2.24, 2.45) is 11.7 Å². The van der Waals surface area contributed by atoms with Crippen LogP contribution in [0.3, 0.4) is 0 Å². The predicted molar refractivity (Wildman–Crippen MR) is 129 cm³/mol. The van der Waals surface area contributed by atoms with E-state index >= 15 is 0 Å². The smallest absolute Gasteiger partial charge is 0.262 e. The van der Waals surface area contributed by atoms with Crippen LogP contribution in [0.5, 0.6) is 5.75 Å². The van der Waals surface area contributed by atoms with Gasteiger partial charge in [-0.15, -0.1) is 0 Å². The molecule has 0 aliphatic carbocycles. The van der Waals surface area contributed by atoms with Crippen molar-refractivity contribution in [2.75, 3.05) is 25.0 Å². The Morgan fingerprint density at radius 2 is 1.85 bits per heavy atom. The van der Waals surface area contributed by atoms with Gasteiger partial charge in [0.05, 0.1) is 11.3 Å². The monoisotopic (exact) mass is 471 g/mol. The van der Waals surface area contributed by atoms with Gasteiger partial charge < -0.3 is 20.7 Å². The molecule has 0 unspecified atom stereocenters. The zero-order valence-electron chi connectivity index (χ0n) is 19.2. The van der Waals surface area contributed by atoms with Gasteiger partial charge in [-0.2, -0.15) is 0 Å². The predicted octanol–water partition coefficient (Wildman–Crippen LogP) is 4.13. The summed E-state index contributed by atoms with van der Waals surface area (Å²) in [5.41, 5.74) is 7.99. The number of nitrogens with zero attached hydrogens (tertiary/aromatic N) is 1. The molecule has 0 radical (unpaired) electrons. The molecular formula is C25H30ClN3O4. The van der Waals surface area contributed by atoms with Crippen LogP contribution < -0.4 is 15.8 Å². The van der Waals surface area contributed by atoms with Gasteiger partial charge in [-0.25, -0.2) is 0 Å². The fraction of sp³-hybridized carbons (Fsp3) is 0.400. The fourth-order valence-corrected chi connectivity index (χ4v) is 4.06. The Labute approximate surface area is 199 Å². The van der Waals surface area contributed by atoms with Gasteiger partial charge in [-0.3, -0.25) is 14.4 Å². The van der Waals surface area contributed by atoms with E-state index in [1.54, 1.807) is 29.2 Å². The number of para-hydroxylation sites is 1. The largest absolute Gasteiger partial charge is 0.483 e. The number of likely N-dealkylation sites (tertiary alicyclic amines) is 1. The molecule has 2 aromatic rings. The Morgan fingerprint density at radius 1 is 1.18 bits per heavy atom.